The minimum atomic E-state index is -0.898. The predicted molar refractivity (Wildman–Crippen MR) is 75.2 cm³/mol. The molecule has 0 radical (unpaired) electrons. The van der Waals surface area contributed by atoms with Gasteiger partial charge in [-0.3, -0.25) is 0 Å². The SMILES string of the molecule is CC(C)(CCCO)CNCc1cccc(C(=O)O)c1. The second kappa shape index (κ2) is 7.26. The van der Waals surface area contributed by atoms with E-state index in [4.69, 9.17) is 10.2 Å². The third kappa shape index (κ3) is 5.85. The normalized spacial score (nSPS) is 11.5. The van der Waals surface area contributed by atoms with Gasteiger partial charge in [0.25, 0.3) is 0 Å². The number of nitrogens with one attached hydrogen (secondary N) is 1. The predicted octanol–water partition coefficient (Wildman–Crippen LogP) is 2.27. The summed E-state index contributed by atoms with van der Waals surface area (Å²) in [4.78, 5) is 10.9. The van der Waals surface area contributed by atoms with Gasteiger partial charge in [0.1, 0.15) is 0 Å². The van der Waals surface area contributed by atoms with Crippen molar-refractivity contribution in [2.75, 3.05) is 13.2 Å². The van der Waals surface area contributed by atoms with Gasteiger partial charge in [0.05, 0.1) is 5.56 Å². The number of carboxylic acids is 1. The molecular weight excluding hydrogens is 242 g/mol. The smallest absolute Gasteiger partial charge is 0.335 e. The Kier molecular flexibility index (Phi) is 5.99. The molecule has 106 valence electrons. The summed E-state index contributed by atoms with van der Waals surface area (Å²) >= 11 is 0. The first-order chi connectivity index (χ1) is 8.94. The Bertz CT molecular complexity index is 416. The average Bonchev–Trinajstić information content (AvgIpc) is 2.36. The summed E-state index contributed by atoms with van der Waals surface area (Å²) in [5.41, 5.74) is 1.42. The van der Waals surface area contributed by atoms with Crippen LogP contribution in [-0.4, -0.2) is 29.3 Å². The maximum Gasteiger partial charge on any atom is 0.335 e. The largest absolute Gasteiger partial charge is 0.478 e. The summed E-state index contributed by atoms with van der Waals surface area (Å²) in [5.74, 6) is -0.898. The van der Waals surface area contributed by atoms with Gasteiger partial charge in [-0.15, -0.1) is 0 Å². The van der Waals surface area contributed by atoms with Gasteiger partial charge in [0, 0.05) is 19.7 Å². The van der Waals surface area contributed by atoms with Crippen LogP contribution in [0.5, 0.6) is 0 Å². The first-order valence-corrected chi connectivity index (χ1v) is 6.58. The van der Waals surface area contributed by atoms with E-state index in [1.807, 2.05) is 6.07 Å². The van der Waals surface area contributed by atoms with Crippen LogP contribution in [0.4, 0.5) is 0 Å². The highest BCUT2D eigenvalue weighted by molar-refractivity contribution is 5.87. The molecule has 0 aliphatic carbocycles. The Balaban J connectivity index is 2.44. The van der Waals surface area contributed by atoms with E-state index in [-0.39, 0.29) is 12.0 Å². The van der Waals surface area contributed by atoms with Crippen LogP contribution in [-0.2, 0) is 6.54 Å². The molecule has 1 aromatic carbocycles. The Labute approximate surface area is 114 Å². The molecule has 0 amide bonds. The number of aliphatic hydroxyl groups is 1. The molecule has 0 aromatic heterocycles. The quantitative estimate of drug-likeness (QED) is 0.674. The summed E-state index contributed by atoms with van der Waals surface area (Å²) in [6, 6.07) is 6.96. The van der Waals surface area contributed by atoms with Crippen molar-refractivity contribution >= 4 is 5.97 Å². The van der Waals surface area contributed by atoms with E-state index in [9.17, 15) is 4.79 Å². The molecule has 0 spiro atoms. The lowest BCUT2D eigenvalue weighted by atomic mass is 9.88. The van der Waals surface area contributed by atoms with E-state index >= 15 is 0 Å². The lowest BCUT2D eigenvalue weighted by molar-refractivity contribution is 0.0696. The standard InChI is InChI=1S/C15H23NO3/c1-15(2,7-4-8-17)11-16-10-12-5-3-6-13(9-12)14(18)19/h3,5-6,9,16-17H,4,7-8,10-11H2,1-2H3,(H,18,19). The number of hydrogen-bond donors (Lipinski definition) is 3. The molecular formula is C15H23NO3. The second-order valence-electron chi connectivity index (χ2n) is 5.60. The average molecular weight is 265 g/mol. The maximum absolute atomic E-state index is 10.9. The molecule has 0 heterocycles. The van der Waals surface area contributed by atoms with Crippen molar-refractivity contribution in [1.29, 1.82) is 0 Å². The highest BCUT2D eigenvalue weighted by Crippen LogP contribution is 2.20. The fraction of sp³-hybridized carbons (Fsp3) is 0.533. The summed E-state index contributed by atoms with van der Waals surface area (Å²) in [6.07, 6.45) is 1.77. The van der Waals surface area contributed by atoms with Crippen LogP contribution in [0.3, 0.4) is 0 Å². The Hall–Kier alpha value is -1.39. The van der Waals surface area contributed by atoms with Gasteiger partial charge >= 0.3 is 5.97 Å². The zero-order valence-electron chi connectivity index (χ0n) is 11.6. The Morgan fingerprint density at radius 1 is 1.37 bits per heavy atom. The number of aliphatic hydroxyl groups excluding tert-OH is 1. The fourth-order valence-corrected chi connectivity index (χ4v) is 2.01. The van der Waals surface area contributed by atoms with Crippen LogP contribution in [0.1, 0.15) is 42.6 Å². The van der Waals surface area contributed by atoms with Gasteiger partial charge in [0.2, 0.25) is 0 Å². The van der Waals surface area contributed by atoms with Crippen molar-refractivity contribution < 1.29 is 15.0 Å². The van der Waals surface area contributed by atoms with Crippen LogP contribution in [0.15, 0.2) is 24.3 Å². The van der Waals surface area contributed by atoms with E-state index in [0.29, 0.717) is 12.1 Å². The molecule has 19 heavy (non-hydrogen) atoms. The minimum Gasteiger partial charge on any atom is -0.478 e. The van der Waals surface area contributed by atoms with Crippen molar-refractivity contribution in [1.82, 2.24) is 5.32 Å². The van der Waals surface area contributed by atoms with Crippen LogP contribution in [0.2, 0.25) is 0 Å². The van der Waals surface area contributed by atoms with Crippen LogP contribution in [0.25, 0.3) is 0 Å². The molecule has 4 nitrogen and oxygen atoms in total. The van der Waals surface area contributed by atoms with Crippen molar-refractivity contribution in [3.05, 3.63) is 35.4 Å². The second-order valence-corrected chi connectivity index (χ2v) is 5.60. The number of rotatable bonds is 8. The van der Waals surface area contributed by atoms with Crippen molar-refractivity contribution in [2.24, 2.45) is 5.41 Å². The van der Waals surface area contributed by atoms with Gasteiger partial charge in [-0.25, -0.2) is 4.79 Å². The van der Waals surface area contributed by atoms with Crippen LogP contribution >= 0.6 is 0 Å². The number of hydrogen-bond acceptors (Lipinski definition) is 3. The molecule has 0 unspecified atom stereocenters. The molecule has 0 saturated heterocycles. The van der Waals surface area contributed by atoms with Crippen molar-refractivity contribution in [3.8, 4) is 0 Å². The number of benzene rings is 1. The number of carboxylic acid groups (broad SMARTS) is 1. The maximum atomic E-state index is 10.9. The third-order valence-corrected chi connectivity index (χ3v) is 3.12. The highest BCUT2D eigenvalue weighted by atomic mass is 16.4. The zero-order valence-corrected chi connectivity index (χ0v) is 11.6. The molecule has 0 saturated carbocycles. The summed E-state index contributed by atoms with van der Waals surface area (Å²) in [6.45, 7) is 6.03. The molecule has 0 fully saturated rings. The number of carbonyl (C=O) groups is 1. The summed E-state index contributed by atoms with van der Waals surface area (Å²) in [7, 11) is 0. The molecule has 0 aliphatic rings. The van der Waals surface area contributed by atoms with Gasteiger partial charge in [-0.2, -0.15) is 0 Å². The van der Waals surface area contributed by atoms with Gasteiger partial charge in [-0.1, -0.05) is 26.0 Å². The van der Waals surface area contributed by atoms with Gasteiger partial charge in [-0.05, 0) is 36.0 Å². The number of aromatic carboxylic acids is 1. The van der Waals surface area contributed by atoms with Gasteiger partial charge < -0.3 is 15.5 Å². The van der Waals surface area contributed by atoms with Crippen LogP contribution < -0.4 is 5.32 Å². The molecule has 0 atom stereocenters. The van der Waals surface area contributed by atoms with Crippen molar-refractivity contribution in [3.63, 3.8) is 0 Å². The topological polar surface area (TPSA) is 69.6 Å². The molecule has 1 aromatic rings. The molecule has 0 aliphatic heterocycles. The Morgan fingerprint density at radius 3 is 2.74 bits per heavy atom. The fourth-order valence-electron chi connectivity index (χ4n) is 2.01. The minimum absolute atomic E-state index is 0.132. The lowest BCUT2D eigenvalue weighted by Gasteiger charge is -2.24. The lowest BCUT2D eigenvalue weighted by Crippen LogP contribution is -2.29. The van der Waals surface area contributed by atoms with Crippen LogP contribution in [0, 0.1) is 5.41 Å². The molecule has 1 rings (SSSR count). The monoisotopic (exact) mass is 265 g/mol. The molecule has 3 N–H and O–H groups in total. The molecule has 0 bridgehead atoms. The first kappa shape index (κ1) is 15.7. The first-order valence-electron chi connectivity index (χ1n) is 6.58. The van der Waals surface area contributed by atoms with E-state index < -0.39 is 5.97 Å². The molecule has 4 heteroatoms. The summed E-state index contributed by atoms with van der Waals surface area (Å²) < 4.78 is 0. The van der Waals surface area contributed by atoms with E-state index in [0.717, 1.165) is 24.9 Å². The van der Waals surface area contributed by atoms with E-state index in [1.165, 1.54) is 0 Å². The summed E-state index contributed by atoms with van der Waals surface area (Å²) in [5, 5.41) is 21.1. The van der Waals surface area contributed by atoms with E-state index in [1.54, 1.807) is 18.2 Å². The zero-order chi connectivity index (χ0) is 14.3. The highest BCUT2D eigenvalue weighted by Gasteiger charge is 2.16. The van der Waals surface area contributed by atoms with Crippen molar-refractivity contribution in [2.45, 2.75) is 33.2 Å². The van der Waals surface area contributed by atoms with E-state index in [2.05, 4.69) is 19.2 Å². The Morgan fingerprint density at radius 2 is 2.11 bits per heavy atom. The third-order valence-electron chi connectivity index (χ3n) is 3.12. The van der Waals surface area contributed by atoms with Gasteiger partial charge in [0.15, 0.2) is 0 Å².